The van der Waals surface area contributed by atoms with E-state index in [4.69, 9.17) is 9.47 Å². The standard InChI is InChI=1S/C28H27F2N3O4/c1-36-16-15-32(28(35)21-7-3-5-9-23(21)30)18-27(34)33-25(22-8-4-6-10-26(22)37-2)17-24(31-33)19-11-13-20(29)14-12-19/h3-14,25H,15-18H2,1-2H3. The van der Waals surface area contributed by atoms with Gasteiger partial charge < -0.3 is 14.4 Å². The average molecular weight is 508 g/mol. The van der Waals surface area contributed by atoms with E-state index in [2.05, 4.69) is 5.10 Å². The molecule has 1 atom stereocenters. The second kappa shape index (κ2) is 11.7. The molecular weight excluding hydrogens is 480 g/mol. The summed E-state index contributed by atoms with van der Waals surface area (Å²) in [5, 5.41) is 5.91. The van der Waals surface area contributed by atoms with Crippen molar-refractivity contribution < 1.29 is 27.8 Å². The van der Waals surface area contributed by atoms with Crippen LogP contribution in [0.25, 0.3) is 0 Å². The van der Waals surface area contributed by atoms with Crippen LogP contribution < -0.4 is 4.74 Å². The van der Waals surface area contributed by atoms with Crippen molar-refractivity contribution in [2.75, 3.05) is 33.9 Å². The predicted molar refractivity (Wildman–Crippen MR) is 134 cm³/mol. The van der Waals surface area contributed by atoms with Gasteiger partial charge in [-0.25, -0.2) is 13.8 Å². The van der Waals surface area contributed by atoms with Crippen LogP contribution in [0.2, 0.25) is 0 Å². The average Bonchev–Trinajstić information content (AvgIpc) is 3.36. The summed E-state index contributed by atoms with van der Waals surface area (Å²) in [4.78, 5) is 28.0. The van der Waals surface area contributed by atoms with E-state index in [1.165, 1.54) is 47.4 Å². The molecule has 37 heavy (non-hydrogen) atoms. The third-order valence-corrected chi connectivity index (χ3v) is 6.12. The van der Waals surface area contributed by atoms with E-state index in [-0.39, 0.29) is 31.1 Å². The van der Waals surface area contributed by atoms with Gasteiger partial charge in [0, 0.05) is 25.6 Å². The second-order valence-electron chi connectivity index (χ2n) is 8.45. The van der Waals surface area contributed by atoms with Crippen molar-refractivity contribution in [1.82, 2.24) is 9.91 Å². The van der Waals surface area contributed by atoms with Crippen LogP contribution in [0.4, 0.5) is 8.78 Å². The molecular formula is C28H27F2N3O4. The van der Waals surface area contributed by atoms with Gasteiger partial charge in [0.2, 0.25) is 0 Å². The number of amides is 2. The van der Waals surface area contributed by atoms with E-state index in [1.807, 2.05) is 18.2 Å². The minimum atomic E-state index is -0.674. The quantitative estimate of drug-likeness (QED) is 0.429. The maximum Gasteiger partial charge on any atom is 0.262 e. The van der Waals surface area contributed by atoms with E-state index in [1.54, 1.807) is 31.4 Å². The van der Waals surface area contributed by atoms with Crippen LogP contribution in [0.3, 0.4) is 0 Å². The van der Waals surface area contributed by atoms with Crippen LogP contribution in [0.5, 0.6) is 5.75 Å². The summed E-state index contributed by atoms with van der Waals surface area (Å²) >= 11 is 0. The molecule has 0 N–H and O–H groups in total. The third-order valence-electron chi connectivity index (χ3n) is 6.12. The zero-order chi connectivity index (χ0) is 26.4. The fourth-order valence-corrected chi connectivity index (χ4v) is 4.24. The Balaban J connectivity index is 1.67. The molecule has 9 heteroatoms. The van der Waals surface area contributed by atoms with Crippen LogP contribution in [0.1, 0.15) is 33.9 Å². The molecule has 0 fully saturated rings. The first-order valence-corrected chi connectivity index (χ1v) is 11.7. The first-order chi connectivity index (χ1) is 17.9. The van der Waals surface area contributed by atoms with Crippen LogP contribution in [-0.2, 0) is 9.53 Å². The number of carbonyl (C=O) groups is 2. The normalized spacial score (nSPS) is 14.9. The lowest BCUT2D eigenvalue weighted by atomic mass is 9.97. The number of benzene rings is 3. The fourth-order valence-electron chi connectivity index (χ4n) is 4.24. The minimum Gasteiger partial charge on any atom is -0.496 e. The number of ether oxygens (including phenoxy) is 2. The number of nitrogens with zero attached hydrogens (tertiary/aromatic N) is 3. The zero-order valence-electron chi connectivity index (χ0n) is 20.6. The maximum absolute atomic E-state index is 14.4. The summed E-state index contributed by atoms with van der Waals surface area (Å²) in [6.45, 7) is -0.104. The molecule has 0 bridgehead atoms. The van der Waals surface area contributed by atoms with Crippen molar-refractivity contribution in [3.05, 3.63) is 101 Å². The molecule has 3 aromatic rings. The predicted octanol–water partition coefficient (Wildman–Crippen LogP) is 4.44. The van der Waals surface area contributed by atoms with Crippen molar-refractivity contribution in [3.63, 3.8) is 0 Å². The molecule has 0 radical (unpaired) electrons. The van der Waals surface area contributed by atoms with Gasteiger partial charge >= 0.3 is 0 Å². The van der Waals surface area contributed by atoms with Crippen molar-refractivity contribution in [2.45, 2.75) is 12.5 Å². The molecule has 1 aliphatic rings. The number of rotatable bonds is 9. The van der Waals surface area contributed by atoms with Gasteiger partial charge in [0.05, 0.1) is 31.0 Å². The molecule has 0 saturated heterocycles. The molecule has 2 amide bonds. The number of hydrazone groups is 1. The second-order valence-corrected chi connectivity index (χ2v) is 8.45. The molecule has 4 rings (SSSR count). The van der Waals surface area contributed by atoms with Gasteiger partial charge in [-0.1, -0.05) is 42.5 Å². The Morgan fingerprint density at radius 2 is 1.70 bits per heavy atom. The lowest BCUT2D eigenvalue weighted by molar-refractivity contribution is -0.133. The van der Waals surface area contributed by atoms with Crippen molar-refractivity contribution >= 4 is 17.5 Å². The summed E-state index contributed by atoms with van der Waals surface area (Å²) in [6, 6.07) is 18.3. The lowest BCUT2D eigenvalue weighted by Crippen LogP contribution is -2.43. The van der Waals surface area contributed by atoms with Gasteiger partial charge in [-0.2, -0.15) is 5.10 Å². The first-order valence-electron chi connectivity index (χ1n) is 11.7. The lowest BCUT2D eigenvalue weighted by Gasteiger charge is -2.27. The number of hydrogen-bond acceptors (Lipinski definition) is 5. The van der Waals surface area contributed by atoms with E-state index < -0.39 is 23.7 Å². The summed E-state index contributed by atoms with van der Waals surface area (Å²) in [5.41, 5.74) is 1.87. The monoisotopic (exact) mass is 507 g/mol. The smallest absolute Gasteiger partial charge is 0.262 e. The van der Waals surface area contributed by atoms with Gasteiger partial charge in [0.25, 0.3) is 11.8 Å². The summed E-state index contributed by atoms with van der Waals surface area (Å²) in [5.74, 6) is -1.56. The number of para-hydroxylation sites is 1. The highest BCUT2D eigenvalue weighted by Gasteiger charge is 2.36. The molecule has 0 saturated carbocycles. The van der Waals surface area contributed by atoms with Crippen LogP contribution in [0, 0.1) is 11.6 Å². The summed E-state index contributed by atoms with van der Waals surface area (Å²) < 4.78 is 38.5. The molecule has 7 nitrogen and oxygen atoms in total. The van der Waals surface area contributed by atoms with Gasteiger partial charge in [-0.3, -0.25) is 9.59 Å². The Kier molecular flexibility index (Phi) is 8.25. The van der Waals surface area contributed by atoms with E-state index in [0.29, 0.717) is 23.4 Å². The highest BCUT2D eigenvalue weighted by atomic mass is 19.1. The number of halogens is 2. The molecule has 0 spiro atoms. The number of methoxy groups -OCH3 is 2. The Labute approximate surface area is 213 Å². The van der Waals surface area contributed by atoms with E-state index in [9.17, 15) is 18.4 Å². The Morgan fingerprint density at radius 1 is 1.00 bits per heavy atom. The van der Waals surface area contributed by atoms with Crippen molar-refractivity contribution in [2.24, 2.45) is 5.10 Å². The highest BCUT2D eigenvalue weighted by molar-refractivity contribution is 6.03. The molecule has 3 aromatic carbocycles. The molecule has 1 unspecified atom stereocenters. The van der Waals surface area contributed by atoms with Crippen LogP contribution in [-0.4, -0.2) is 61.4 Å². The number of carbonyl (C=O) groups excluding carboxylic acids is 2. The van der Waals surface area contributed by atoms with Crippen molar-refractivity contribution in [3.8, 4) is 5.75 Å². The van der Waals surface area contributed by atoms with Crippen molar-refractivity contribution in [1.29, 1.82) is 0 Å². The SMILES string of the molecule is COCCN(CC(=O)N1N=C(c2ccc(F)cc2)CC1c1ccccc1OC)C(=O)c1ccccc1F. The van der Waals surface area contributed by atoms with Crippen LogP contribution in [0.15, 0.2) is 77.9 Å². The van der Waals surface area contributed by atoms with Gasteiger partial charge in [-0.15, -0.1) is 0 Å². The molecule has 0 aromatic heterocycles. The topological polar surface area (TPSA) is 71.4 Å². The largest absolute Gasteiger partial charge is 0.496 e. The zero-order valence-corrected chi connectivity index (χ0v) is 20.6. The Hall–Kier alpha value is -4.11. The maximum atomic E-state index is 14.4. The highest BCUT2D eigenvalue weighted by Crippen LogP contribution is 2.37. The molecule has 0 aliphatic carbocycles. The summed E-state index contributed by atoms with van der Waals surface area (Å²) in [7, 11) is 3.02. The first kappa shape index (κ1) is 26.0. The number of hydrogen-bond donors (Lipinski definition) is 0. The third kappa shape index (κ3) is 5.83. The fraction of sp³-hybridized carbons (Fsp3) is 0.250. The molecule has 1 heterocycles. The van der Waals surface area contributed by atoms with Crippen LogP contribution >= 0.6 is 0 Å². The molecule has 192 valence electrons. The Bertz CT molecular complexity index is 1300. The van der Waals surface area contributed by atoms with E-state index >= 15 is 0 Å². The minimum absolute atomic E-state index is 0.0805. The van der Waals surface area contributed by atoms with E-state index in [0.717, 1.165) is 5.56 Å². The molecule has 1 aliphatic heterocycles. The summed E-state index contributed by atoms with van der Waals surface area (Å²) in [6.07, 6.45) is 0.358. The van der Waals surface area contributed by atoms with Gasteiger partial charge in [0.15, 0.2) is 0 Å². The Morgan fingerprint density at radius 3 is 2.41 bits per heavy atom. The van der Waals surface area contributed by atoms with Gasteiger partial charge in [-0.05, 0) is 35.9 Å². The van der Waals surface area contributed by atoms with Gasteiger partial charge in [0.1, 0.15) is 23.9 Å².